The normalized spacial score (nSPS) is 12.8. The Hall–Kier alpha value is 0.390. The summed E-state index contributed by atoms with van der Waals surface area (Å²) in [6.45, 7) is 0.782. The second kappa shape index (κ2) is 6.80. The number of halogens is 2. The van der Waals surface area contributed by atoms with Gasteiger partial charge in [-0.3, -0.25) is 0 Å². The Kier molecular flexibility index (Phi) is 6.05. The van der Waals surface area contributed by atoms with Crippen LogP contribution < -0.4 is 0 Å². The summed E-state index contributed by atoms with van der Waals surface area (Å²) in [6, 6.07) is 8.67. The number of hydrogen-bond donors (Lipinski definition) is 0. The Morgan fingerprint density at radius 1 is 1.36 bits per heavy atom. The van der Waals surface area contributed by atoms with Gasteiger partial charge in [-0.1, -0.05) is 28.1 Å². The molecule has 1 unspecified atom stereocenters. The lowest BCUT2D eigenvalue weighted by atomic mass is 10.1. The zero-order chi connectivity index (χ0) is 10.4. The fraction of sp³-hybridized carbons (Fsp3) is 0.455. The van der Waals surface area contributed by atoms with Crippen LogP contribution in [0.3, 0.4) is 0 Å². The van der Waals surface area contributed by atoms with Crippen LogP contribution >= 0.6 is 38.5 Å². The molecular weight excluding hydrogens is 355 g/mol. The van der Waals surface area contributed by atoms with Crippen molar-refractivity contribution in [2.75, 3.05) is 13.7 Å². The van der Waals surface area contributed by atoms with E-state index in [1.54, 1.807) is 7.11 Å². The monoisotopic (exact) mass is 368 g/mol. The fourth-order valence-electron chi connectivity index (χ4n) is 1.24. The summed E-state index contributed by atoms with van der Waals surface area (Å²) in [7, 11) is 1.74. The maximum atomic E-state index is 5.06. The van der Waals surface area contributed by atoms with Gasteiger partial charge in [-0.05, 0) is 53.1 Å². The number of alkyl halides is 1. The van der Waals surface area contributed by atoms with Crippen molar-refractivity contribution in [2.24, 2.45) is 0 Å². The van der Waals surface area contributed by atoms with Gasteiger partial charge in [0.15, 0.2) is 0 Å². The van der Waals surface area contributed by atoms with Gasteiger partial charge in [-0.25, -0.2) is 0 Å². The summed E-state index contributed by atoms with van der Waals surface area (Å²) in [6.07, 6.45) is 2.23. The molecule has 1 aromatic rings. The smallest absolute Gasteiger partial charge is 0.0587 e. The molecule has 0 aromatic heterocycles. The summed E-state index contributed by atoms with van der Waals surface area (Å²) < 4.78 is 6.35. The van der Waals surface area contributed by atoms with Crippen LogP contribution in [-0.2, 0) is 11.2 Å². The molecule has 0 heterocycles. The average Bonchev–Trinajstić information content (AvgIpc) is 2.17. The minimum absolute atomic E-state index is 0.465. The highest BCUT2D eigenvalue weighted by atomic mass is 127. The van der Waals surface area contributed by atoms with Gasteiger partial charge in [0.1, 0.15) is 0 Å². The molecule has 0 spiro atoms. The van der Waals surface area contributed by atoms with E-state index in [0.29, 0.717) is 4.83 Å². The Bertz CT molecular complexity index is 260. The van der Waals surface area contributed by atoms with E-state index in [1.807, 2.05) is 0 Å². The van der Waals surface area contributed by atoms with E-state index < -0.39 is 0 Å². The molecule has 1 atom stereocenters. The largest absolute Gasteiger partial charge is 0.384 e. The van der Waals surface area contributed by atoms with Crippen molar-refractivity contribution in [3.05, 3.63) is 33.4 Å². The van der Waals surface area contributed by atoms with Crippen molar-refractivity contribution in [3.8, 4) is 0 Å². The van der Waals surface area contributed by atoms with E-state index in [0.717, 1.165) is 19.4 Å². The van der Waals surface area contributed by atoms with Crippen LogP contribution in [0.15, 0.2) is 24.3 Å². The summed E-state index contributed by atoms with van der Waals surface area (Å²) in [5.74, 6) is 0. The second-order valence-corrected chi connectivity index (χ2v) is 5.76. The standard InChI is InChI=1S/C11H14BrIO/c1-14-8-10(12)5-2-9-3-6-11(13)7-4-9/h3-4,6-7,10H,2,5,8H2,1H3. The van der Waals surface area contributed by atoms with E-state index in [1.165, 1.54) is 9.13 Å². The topological polar surface area (TPSA) is 9.23 Å². The third-order valence-electron chi connectivity index (χ3n) is 2.01. The molecule has 0 fully saturated rings. The molecule has 0 saturated carbocycles. The number of methoxy groups -OCH3 is 1. The maximum Gasteiger partial charge on any atom is 0.0587 e. The van der Waals surface area contributed by atoms with Crippen molar-refractivity contribution >= 4 is 38.5 Å². The van der Waals surface area contributed by atoms with Gasteiger partial charge in [0.2, 0.25) is 0 Å². The Balaban J connectivity index is 2.34. The first-order valence-electron chi connectivity index (χ1n) is 4.60. The van der Waals surface area contributed by atoms with Crippen molar-refractivity contribution < 1.29 is 4.74 Å². The molecule has 0 aliphatic carbocycles. The van der Waals surface area contributed by atoms with Crippen LogP contribution in [0.1, 0.15) is 12.0 Å². The Morgan fingerprint density at radius 2 is 2.00 bits per heavy atom. The van der Waals surface area contributed by atoms with Gasteiger partial charge < -0.3 is 4.74 Å². The van der Waals surface area contributed by atoms with Crippen LogP contribution in [-0.4, -0.2) is 18.5 Å². The quantitative estimate of drug-likeness (QED) is 0.569. The molecule has 0 aliphatic heterocycles. The molecule has 0 saturated heterocycles. The fourth-order valence-corrected chi connectivity index (χ4v) is 2.09. The molecule has 78 valence electrons. The van der Waals surface area contributed by atoms with Gasteiger partial charge in [-0.15, -0.1) is 0 Å². The molecular formula is C11H14BrIO. The summed E-state index contributed by atoms with van der Waals surface area (Å²) in [4.78, 5) is 0.465. The number of aryl methyl sites for hydroxylation is 1. The summed E-state index contributed by atoms with van der Waals surface area (Å²) >= 11 is 5.91. The molecule has 1 aromatic carbocycles. The van der Waals surface area contributed by atoms with Gasteiger partial charge in [-0.2, -0.15) is 0 Å². The van der Waals surface area contributed by atoms with Crippen molar-refractivity contribution in [3.63, 3.8) is 0 Å². The van der Waals surface area contributed by atoms with Crippen molar-refractivity contribution in [2.45, 2.75) is 17.7 Å². The number of hydrogen-bond acceptors (Lipinski definition) is 1. The molecule has 14 heavy (non-hydrogen) atoms. The third-order valence-corrected chi connectivity index (χ3v) is 3.45. The van der Waals surface area contributed by atoms with E-state index >= 15 is 0 Å². The lowest BCUT2D eigenvalue weighted by molar-refractivity contribution is 0.198. The van der Waals surface area contributed by atoms with E-state index in [-0.39, 0.29) is 0 Å². The minimum atomic E-state index is 0.465. The van der Waals surface area contributed by atoms with Gasteiger partial charge in [0.05, 0.1) is 6.61 Å². The van der Waals surface area contributed by atoms with Crippen LogP contribution in [0.25, 0.3) is 0 Å². The lowest BCUT2D eigenvalue weighted by Crippen LogP contribution is -2.07. The SMILES string of the molecule is COCC(Br)CCc1ccc(I)cc1. The molecule has 1 nitrogen and oxygen atoms in total. The molecule has 3 heteroatoms. The van der Waals surface area contributed by atoms with Crippen LogP contribution in [0.2, 0.25) is 0 Å². The zero-order valence-corrected chi connectivity index (χ0v) is 11.9. The van der Waals surface area contributed by atoms with Gasteiger partial charge in [0.25, 0.3) is 0 Å². The second-order valence-electron chi connectivity index (χ2n) is 3.22. The van der Waals surface area contributed by atoms with Crippen LogP contribution in [0, 0.1) is 3.57 Å². The lowest BCUT2D eigenvalue weighted by Gasteiger charge is -2.08. The van der Waals surface area contributed by atoms with Crippen molar-refractivity contribution in [1.29, 1.82) is 0 Å². The zero-order valence-electron chi connectivity index (χ0n) is 8.17. The highest BCUT2D eigenvalue weighted by Gasteiger charge is 2.03. The Labute approximate surface area is 107 Å². The maximum absolute atomic E-state index is 5.06. The first kappa shape index (κ1) is 12.5. The molecule has 0 amide bonds. The predicted octanol–water partition coefficient (Wildman–Crippen LogP) is 3.63. The third kappa shape index (κ3) is 4.75. The number of rotatable bonds is 5. The molecule has 0 aliphatic rings. The van der Waals surface area contributed by atoms with Crippen LogP contribution in [0.5, 0.6) is 0 Å². The highest BCUT2D eigenvalue weighted by molar-refractivity contribution is 14.1. The van der Waals surface area contributed by atoms with Crippen molar-refractivity contribution in [1.82, 2.24) is 0 Å². The molecule has 0 bridgehead atoms. The Morgan fingerprint density at radius 3 is 2.57 bits per heavy atom. The van der Waals surface area contributed by atoms with Crippen LogP contribution in [0.4, 0.5) is 0 Å². The number of ether oxygens (including phenoxy) is 1. The highest BCUT2D eigenvalue weighted by Crippen LogP contribution is 2.13. The van der Waals surface area contributed by atoms with E-state index in [9.17, 15) is 0 Å². The molecule has 0 N–H and O–H groups in total. The predicted molar refractivity (Wildman–Crippen MR) is 72.1 cm³/mol. The number of benzene rings is 1. The van der Waals surface area contributed by atoms with Gasteiger partial charge in [0, 0.05) is 15.5 Å². The molecule has 1 rings (SSSR count). The summed E-state index contributed by atoms with van der Waals surface area (Å²) in [5.41, 5.74) is 1.39. The van der Waals surface area contributed by atoms with E-state index in [4.69, 9.17) is 4.74 Å². The van der Waals surface area contributed by atoms with Gasteiger partial charge >= 0.3 is 0 Å². The summed E-state index contributed by atoms with van der Waals surface area (Å²) in [5, 5.41) is 0. The average molecular weight is 369 g/mol. The van der Waals surface area contributed by atoms with E-state index in [2.05, 4.69) is 62.8 Å². The first-order valence-corrected chi connectivity index (χ1v) is 6.59. The minimum Gasteiger partial charge on any atom is -0.384 e. The first-order chi connectivity index (χ1) is 6.72. The molecule has 0 radical (unpaired) electrons.